The highest BCUT2D eigenvalue weighted by molar-refractivity contribution is 6.15. The van der Waals surface area contributed by atoms with Gasteiger partial charge in [0.25, 0.3) is 0 Å². The normalized spacial score (nSPS) is 9.83. The zero-order chi connectivity index (χ0) is 17.9. The number of nitrogen functional groups attached to an aromatic ring is 1. The summed E-state index contributed by atoms with van der Waals surface area (Å²) in [5.41, 5.74) is 5.93. The number of rotatable bonds is 4. The predicted molar refractivity (Wildman–Crippen MR) is 86.7 cm³/mol. The first-order valence-electron chi connectivity index (χ1n) is 6.82. The monoisotopic (exact) mass is 323 g/mol. The van der Waals surface area contributed by atoms with Gasteiger partial charge in [-0.05, 0) is 36.4 Å². The van der Waals surface area contributed by atoms with E-state index in [0.29, 0.717) is 5.69 Å². The van der Waals surface area contributed by atoms with Crippen LogP contribution in [0.1, 0.15) is 38.8 Å². The molecule has 0 spiro atoms. The highest BCUT2D eigenvalue weighted by Crippen LogP contribution is 2.22. The Balaban J connectivity index is 2.56. The topological polar surface area (TPSA) is 133 Å². The van der Waals surface area contributed by atoms with E-state index in [-0.39, 0.29) is 33.8 Å². The van der Waals surface area contributed by atoms with Crippen LogP contribution in [-0.2, 0) is 4.79 Å². The second-order valence-corrected chi connectivity index (χ2v) is 4.99. The average Bonchev–Trinajstić information content (AvgIpc) is 2.53. The lowest BCUT2D eigenvalue weighted by Crippen LogP contribution is -2.13. The molecular formula is C17H13N3O4. The number of nitrogens with one attached hydrogen (secondary N) is 1. The van der Waals surface area contributed by atoms with Crippen LogP contribution in [0.2, 0.25) is 0 Å². The zero-order valence-corrected chi connectivity index (χ0v) is 12.7. The van der Waals surface area contributed by atoms with Crippen molar-refractivity contribution in [2.45, 2.75) is 6.92 Å². The van der Waals surface area contributed by atoms with Gasteiger partial charge in [0.15, 0.2) is 5.78 Å². The maximum absolute atomic E-state index is 12.7. The minimum absolute atomic E-state index is 0.0569. The van der Waals surface area contributed by atoms with Gasteiger partial charge in [-0.25, -0.2) is 4.79 Å². The Morgan fingerprint density at radius 2 is 1.75 bits per heavy atom. The van der Waals surface area contributed by atoms with Crippen molar-refractivity contribution >= 4 is 29.0 Å². The first-order chi connectivity index (χ1) is 11.3. The van der Waals surface area contributed by atoms with Crippen molar-refractivity contribution in [3.8, 4) is 6.07 Å². The number of carbonyl (C=O) groups excluding carboxylic acids is 2. The molecule has 0 atom stereocenters. The van der Waals surface area contributed by atoms with Gasteiger partial charge in [-0.15, -0.1) is 0 Å². The number of nitriles is 1. The maximum atomic E-state index is 12.7. The lowest BCUT2D eigenvalue weighted by atomic mass is 9.94. The first-order valence-corrected chi connectivity index (χ1v) is 6.82. The van der Waals surface area contributed by atoms with E-state index in [1.54, 1.807) is 0 Å². The van der Waals surface area contributed by atoms with Crippen molar-refractivity contribution in [1.82, 2.24) is 0 Å². The molecule has 0 heterocycles. The lowest BCUT2D eigenvalue weighted by Gasteiger charge is -2.10. The van der Waals surface area contributed by atoms with Crippen LogP contribution in [0.15, 0.2) is 36.4 Å². The summed E-state index contributed by atoms with van der Waals surface area (Å²) >= 11 is 0. The molecule has 120 valence electrons. The third kappa shape index (κ3) is 3.39. The summed E-state index contributed by atoms with van der Waals surface area (Å²) in [6.07, 6.45) is 0. The van der Waals surface area contributed by atoms with E-state index in [4.69, 9.17) is 11.0 Å². The number of anilines is 2. The number of aromatic carboxylic acids is 1. The third-order valence-corrected chi connectivity index (χ3v) is 3.22. The fourth-order valence-electron chi connectivity index (χ4n) is 2.20. The molecule has 0 aliphatic heterocycles. The first kappa shape index (κ1) is 16.7. The van der Waals surface area contributed by atoms with Gasteiger partial charge < -0.3 is 16.2 Å². The molecule has 4 N–H and O–H groups in total. The fourth-order valence-corrected chi connectivity index (χ4v) is 2.20. The Morgan fingerprint density at radius 3 is 2.33 bits per heavy atom. The molecule has 7 heteroatoms. The van der Waals surface area contributed by atoms with E-state index in [0.717, 1.165) is 0 Å². The van der Waals surface area contributed by atoms with Crippen LogP contribution in [0, 0.1) is 11.3 Å². The van der Waals surface area contributed by atoms with Crippen molar-refractivity contribution in [3.05, 3.63) is 58.7 Å². The number of carboxylic acid groups (broad SMARTS) is 1. The van der Waals surface area contributed by atoms with Crippen molar-refractivity contribution in [2.75, 3.05) is 11.1 Å². The predicted octanol–water partition coefficient (Wildman–Crippen LogP) is 2.03. The van der Waals surface area contributed by atoms with Crippen LogP contribution < -0.4 is 11.1 Å². The van der Waals surface area contributed by atoms with Gasteiger partial charge in [-0.1, -0.05) is 0 Å². The van der Waals surface area contributed by atoms with Crippen LogP contribution in [-0.4, -0.2) is 22.8 Å². The molecular weight excluding hydrogens is 310 g/mol. The molecule has 2 aromatic rings. The standard InChI is InChI=1S/C17H13N3O4/c1-9(21)20-12-3-5-14(15(7-12)17(23)24)16(22)13-4-2-11(19)6-10(13)8-18/h2-7H,19H2,1H3,(H,20,21)(H,23,24). The molecule has 0 saturated heterocycles. The minimum Gasteiger partial charge on any atom is -0.478 e. The molecule has 2 rings (SSSR count). The van der Waals surface area contributed by atoms with Crippen LogP contribution in [0.3, 0.4) is 0 Å². The van der Waals surface area contributed by atoms with Crippen LogP contribution in [0.25, 0.3) is 0 Å². The highest BCUT2D eigenvalue weighted by atomic mass is 16.4. The van der Waals surface area contributed by atoms with Gasteiger partial charge in [-0.3, -0.25) is 9.59 Å². The maximum Gasteiger partial charge on any atom is 0.336 e. The van der Waals surface area contributed by atoms with Crippen LogP contribution >= 0.6 is 0 Å². The summed E-state index contributed by atoms with van der Waals surface area (Å²) in [6, 6.07) is 9.97. The van der Waals surface area contributed by atoms with E-state index >= 15 is 0 Å². The third-order valence-electron chi connectivity index (χ3n) is 3.22. The number of nitrogens with zero attached hydrogens (tertiary/aromatic N) is 1. The smallest absolute Gasteiger partial charge is 0.336 e. The molecule has 0 aliphatic rings. The van der Waals surface area contributed by atoms with E-state index in [1.807, 2.05) is 6.07 Å². The van der Waals surface area contributed by atoms with Gasteiger partial charge >= 0.3 is 5.97 Å². The van der Waals surface area contributed by atoms with E-state index in [9.17, 15) is 19.5 Å². The summed E-state index contributed by atoms with van der Waals surface area (Å²) < 4.78 is 0. The largest absolute Gasteiger partial charge is 0.478 e. The molecule has 0 radical (unpaired) electrons. The molecule has 0 fully saturated rings. The number of amides is 1. The Bertz CT molecular complexity index is 897. The van der Waals surface area contributed by atoms with Crippen LogP contribution in [0.5, 0.6) is 0 Å². The second-order valence-electron chi connectivity index (χ2n) is 4.99. The highest BCUT2D eigenvalue weighted by Gasteiger charge is 2.21. The minimum atomic E-state index is -1.32. The number of hydrogen-bond donors (Lipinski definition) is 3. The number of benzene rings is 2. The second kappa shape index (κ2) is 6.62. The van der Waals surface area contributed by atoms with Crippen molar-refractivity contribution in [1.29, 1.82) is 5.26 Å². The summed E-state index contributed by atoms with van der Waals surface area (Å²) in [6.45, 7) is 1.28. The van der Waals surface area contributed by atoms with Crippen LogP contribution in [0.4, 0.5) is 11.4 Å². The van der Waals surface area contributed by atoms with E-state index in [2.05, 4.69) is 5.32 Å². The molecule has 24 heavy (non-hydrogen) atoms. The van der Waals surface area contributed by atoms with Crippen molar-refractivity contribution < 1.29 is 19.5 Å². The number of nitrogens with two attached hydrogens (primary N) is 1. The lowest BCUT2D eigenvalue weighted by molar-refractivity contribution is -0.114. The fraction of sp³-hybridized carbons (Fsp3) is 0.0588. The molecule has 0 aromatic heterocycles. The SMILES string of the molecule is CC(=O)Nc1ccc(C(=O)c2ccc(N)cc2C#N)c(C(=O)O)c1. The number of carboxylic acids is 1. The Morgan fingerprint density at radius 1 is 1.08 bits per heavy atom. The quantitative estimate of drug-likeness (QED) is 0.582. The van der Waals surface area contributed by atoms with Gasteiger partial charge in [0, 0.05) is 29.4 Å². The summed E-state index contributed by atoms with van der Waals surface area (Å²) in [4.78, 5) is 35.2. The molecule has 0 bridgehead atoms. The van der Waals surface area contributed by atoms with E-state index < -0.39 is 11.8 Å². The zero-order valence-electron chi connectivity index (χ0n) is 12.7. The molecule has 7 nitrogen and oxygen atoms in total. The Kier molecular flexibility index (Phi) is 4.61. The Hall–Kier alpha value is -3.66. The molecule has 1 amide bonds. The van der Waals surface area contributed by atoms with Gasteiger partial charge in [0.2, 0.25) is 5.91 Å². The molecule has 0 aliphatic carbocycles. The van der Waals surface area contributed by atoms with Gasteiger partial charge in [-0.2, -0.15) is 5.26 Å². The average molecular weight is 323 g/mol. The molecule has 0 unspecified atom stereocenters. The van der Waals surface area contributed by atoms with Gasteiger partial charge in [0.05, 0.1) is 17.2 Å². The summed E-state index contributed by atoms with van der Waals surface area (Å²) in [7, 11) is 0. The molecule has 0 saturated carbocycles. The summed E-state index contributed by atoms with van der Waals surface area (Å²) in [5, 5.41) is 20.9. The van der Waals surface area contributed by atoms with Crippen molar-refractivity contribution in [3.63, 3.8) is 0 Å². The number of hydrogen-bond acceptors (Lipinski definition) is 5. The number of carbonyl (C=O) groups is 3. The Labute approximate surface area is 137 Å². The molecule has 2 aromatic carbocycles. The van der Waals surface area contributed by atoms with Gasteiger partial charge in [0.1, 0.15) is 0 Å². The van der Waals surface area contributed by atoms with E-state index in [1.165, 1.54) is 43.3 Å². The number of ketones is 1. The van der Waals surface area contributed by atoms with Crippen molar-refractivity contribution in [2.24, 2.45) is 0 Å². The summed E-state index contributed by atoms with van der Waals surface area (Å²) in [5.74, 6) is -2.30.